The molecule has 0 amide bonds. The van der Waals surface area contributed by atoms with Crippen LogP contribution >= 0.6 is 0 Å². The average Bonchev–Trinajstić information content (AvgIpc) is 2.59. The Bertz CT molecular complexity index is 732. The lowest BCUT2D eigenvalue weighted by molar-refractivity contribution is -0.157. The van der Waals surface area contributed by atoms with E-state index in [1.807, 2.05) is 0 Å². The molecular weight excluding hydrogens is 337 g/mol. The zero-order valence-electron chi connectivity index (χ0n) is 13.7. The van der Waals surface area contributed by atoms with Crippen molar-refractivity contribution in [3.8, 4) is 11.5 Å². The predicted molar refractivity (Wildman–Crippen MR) is 83.8 cm³/mol. The first-order valence-electron chi connectivity index (χ1n) is 7.67. The maximum absolute atomic E-state index is 14.7. The van der Waals surface area contributed by atoms with Gasteiger partial charge in [-0.2, -0.15) is 0 Å². The normalized spacial score (nSPS) is 11.9. The average molecular weight is 354 g/mol. The minimum atomic E-state index is -1.55. The number of carbonyl (C=O) groups is 1. The standard InChI is InChI=1S/C18H17F3O4/c1-3-23-17(18(22)24-4-2)15-13(20)9-10-14(16(15)21)25-12-7-5-11(19)6-8-12/h5-10,17H,3-4H2,1-2H3/t17-/m1/s1. The molecule has 2 rings (SSSR count). The molecule has 2 aromatic rings. The van der Waals surface area contributed by atoms with Crippen LogP contribution in [0.4, 0.5) is 13.2 Å². The minimum Gasteiger partial charge on any atom is -0.464 e. The lowest BCUT2D eigenvalue weighted by atomic mass is 10.1. The smallest absolute Gasteiger partial charge is 0.340 e. The third-order valence-corrected chi connectivity index (χ3v) is 3.23. The van der Waals surface area contributed by atoms with Crippen molar-refractivity contribution in [1.29, 1.82) is 0 Å². The molecule has 4 nitrogen and oxygen atoms in total. The van der Waals surface area contributed by atoms with E-state index in [-0.39, 0.29) is 24.7 Å². The first kappa shape index (κ1) is 18.8. The van der Waals surface area contributed by atoms with Gasteiger partial charge in [0.1, 0.15) is 17.4 Å². The Hall–Kier alpha value is -2.54. The van der Waals surface area contributed by atoms with E-state index in [4.69, 9.17) is 14.2 Å². The van der Waals surface area contributed by atoms with Crippen molar-refractivity contribution in [3.05, 3.63) is 59.4 Å². The third kappa shape index (κ3) is 4.51. The fourth-order valence-corrected chi connectivity index (χ4v) is 2.15. The van der Waals surface area contributed by atoms with Crippen LogP contribution in [0.1, 0.15) is 25.5 Å². The summed E-state index contributed by atoms with van der Waals surface area (Å²) in [6.07, 6.45) is -1.55. The number of benzene rings is 2. The molecule has 134 valence electrons. The van der Waals surface area contributed by atoms with Crippen molar-refractivity contribution in [2.45, 2.75) is 20.0 Å². The Morgan fingerprint density at radius 3 is 2.28 bits per heavy atom. The number of hydrogen-bond donors (Lipinski definition) is 0. The molecule has 0 spiro atoms. The summed E-state index contributed by atoms with van der Waals surface area (Å²) >= 11 is 0. The first-order valence-corrected chi connectivity index (χ1v) is 7.67. The van der Waals surface area contributed by atoms with Gasteiger partial charge in [-0.05, 0) is 50.2 Å². The number of esters is 1. The third-order valence-electron chi connectivity index (χ3n) is 3.23. The summed E-state index contributed by atoms with van der Waals surface area (Å²) in [6.45, 7) is 3.24. The highest BCUT2D eigenvalue weighted by molar-refractivity contribution is 5.77. The maximum atomic E-state index is 14.7. The highest BCUT2D eigenvalue weighted by Gasteiger charge is 2.31. The summed E-state index contributed by atoms with van der Waals surface area (Å²) < 4.78 is 57.1. The van der Waals surface area contributed by atoms with Crippen molar-refractivity contribution in [2.75, 3.05) is 13.2 Å². The quantitative estimate of drug-likeness (QED) is 0.685. The Balaban J connectivity index is 2.40. The summed E-state index contributed by atoms with van der Waals surface area (Å²) in [5.74, 6) is -3.60. The van der Waals surface area contributed by atoms with E-state index in [9.17, 15) is 18.0 Å². The molecule has 0 aliphatic heterocycles. The van der Waals surface area contributed by atoms with Crippen LogP contribution in [-0.4, -0.2) is 19.2 Å². The maximum Gasteiger partial charge on any atom is 0.340 e. The van der Waals surface area contributed by atoms with E-state index < -0.39 is 35.1 Å². The van der Waals surface area contributed by atoms with Gasteiger partial charge in [0.05, 0.1) is 12.2 Å². The zero-order valence-corrected chi connectivity index (χ0v) is 13.7. The van der Waals surface area contributed by atoms with E-state index in [1.165, 1.54) is 12.1 Å². The molecule has 1 atom stereocenters. The topological polar surface area (TPSA) is 44.8 Å². The van der Waals surface area contributed by atoms with Crippen LogP contribution in [-0.2, 0) is 14.3 Å². The summed E-state index contributed by atoms with van der Waals surface area (Å²) in [4.78, 5) is 12.0. The molecule has 0 bridgehead atoms. The van der Waals surface area contributed by atoms with E-state index in [0.717, 1.165) is 24.3 Å². The monoisotopic (exact) mass is 354 g/mol. The van der Waals surface area contributed by atoms with Gasteiger partial charge in [-0.3, -0.25) is 0 Å². The molecule has 0 aliphatic carbocycles. The Labute approximate surface area is 143 Å². The molecule has 7 heteroatoms. The summed E-state index contributed by atoms with van der Waals surface area (Å²) in [5.41, 5.74) is -0.597. The van der Waals surface area contributed by atoms with Crippen LogP contribution in [0.25, 0.3) is 0 Å². The van der Waals surface area contributed by atoms with Gasteiger partial charge in [0.2, 0.25) is 0 Å². The van der Waals surface area contributed by atoms with Gasteiger partial charge in [0.25, 0.3) is 0 Å². The molecule has 0 aromatic heterocycles. The highest BCUT2D eigenvalue weighted by Crippen LogP contribution is 2.33. The lowest BCUT2D eigenvalue weighted by Crippen LogP contribution is -2.21. The van der Waals surface area contributed by atoms with Crippen molar-refractivity contribution in [1.82, 2.24) is 0 Å². The molecule has 25 heavy (non-hydrogen) atoms. The van der Waals surface area contributed by atoms with Crippen LogP contribution in [0, 0.1) is 17.5 Å². The lowest BCUT2D eigenvalue weighted by Gasteiger charge is -2.18. The van der Waals surface area contributed by atoms with Crippen LogP contribution in [0.2, 0.25) is 0 Å². The Kier molecular flexibility index (Phi) is 6.41. The summed E-state index contributed by atoms with van der Waals surface area (Å²) in [6, 6.07) is 6.90. The van der Waals surface area contributed by atoms with Gasteiger partial charge in [-0.25, -0.2) is 18.0 Å². The molecule has 0 unspecified atom stereocenters. The molecular formula is C18H17F3O4. The van der Waals surface area contributed by atoms with Crippen LogP contribution in [0.5, 0.6) is 11.5 Å². The molecule has 2 aromatic carbocycles. The van der Waals surface area contributed by atoms with E-state index >= 15 is 0 Å². The van der Waals surface area contributed by atoms with Gasteiger partial charge < -0.3 is 14.2 Å². The predicted octanol–water partition coefficient (Wildman–Crippen LogP) is 4.54. The fraction of sp³-hybridized carbons (Fsp3) is 0.278. The number of halogens is 3. The summed E-state index contributed by atoms with van der Waals surface area (Å²) in [7, 11) is 0. The number of ether oxygens (including phenoxy) is 3. The van der Waals surface area contributed by atoms with Crippen molar-refractivity contribution in [3.63, 3.8) is 0 Å². The second-order valence-corrected chi connectivity index (χ2v) is 4.92. The van der Waals surface area contributed by atoms with E-state index in [2.05, 4.69) is 0 Å². The Morgan fingerprint density at radius 2 is 1.68 bits per heavy atom. The molecule has 0 fully saturated rings. The van der Waals surface area contributed by atoms with E-state index in [1.54, 1.807) is 13.8 Å². The minimum absolute atomic E-state index is 0.0391. The Morgan fingerprint density at radius 1 is 1.00 bits per heavy atom. The summed E-state index contributed by atoms with van der Waals surface area (Å²) in [5, 5.41) is 0. The first-order chi connectivity index (χ1) is 12.0. The SMILES string of the molecule is CCOC(=O)[C@H](OCC)c1c(F)ccc(Oc2ccc(F)cc2)c1F. The van der Waals surface area contributed by atoms with Gasteiger partial charge in [0, 0.05) is 6.61 Å². The largest absolute Gasteiger partial charge is 0.464 e. The zero-order chi connectivity index (χ0) is 18.4. The van der Waals surface area contributed by atoms with Crippen LogP contribution < -0.4 is 4.74 Å². The van der Waals surface area contributed by atoms with E-state index in [0.29, 0.717) is 0 Å². The molecule has 0 saturated carbocycles. The van der Waals surface area contributed by atoms with Gasteiger partial charge in [0.15, 0.2) is 17.7 Å². The number of carbonyl (C=O) groups excluding carboxylic acids is 1. The van der Waals surface area contributed by atoms with Crippen molar-refractivity contribution < 1.29 is 32.2 Å². The molecule has 0 radical (unpaired) electrons. The molecule has 0 aliphatic rings. The molecule has 0 heterocycles. The second kappa shape index (κ2) is 8.53. The number of rotatable bonds is 7. The van der Waals surface area contributed by atoms with Crippen LogP contribution in [0.15, 0.2) is 36.4 Å². The van der Waals surface area contributed by atoms with Gasteiger partial charge in [-0.15, -0.1) is 0 Å². The van der Waals surface area contributed by atoms with Crippen LogP contribution in [0.3, 0.4) is 0 Å². The molecule has 0 N–H and O–H groups in total. The van der Waals surface area contributed by atoms with Gasteiger partial charge >= 0.3 is 5.97 Å². The van der Waals surface area contributed by atoms with Crippen molar-refractivity contribution >= 4 is 5.97 Å². The second-order valence-electron chi connectivity index (χ2n) is 4.92. The fourth-order valence-electron chi connectivity index (χ4n) is 2.15. The van der Waals surface area contributed by atoms with Crippen molar-refractivity contribution in [2.24, 2.45) is 0 Å². The highest BCUT2D eigenvalue weighted by atomic mass is 19.1. The van der Waals surface area contributed by atoms with Gasteiger partial charge in [-0.1, -0.05) is 0 Å². The number of hydrogen-bond acceptors (Lipinski definition) is 4. The molecule has 0 saturated heterocycles.